The number of carbonyl (C=O) groups is 2. The summed E-state index contributed by atoms with van der Waals surface area (Å²) in [6.45, 7) is 3.80. The first-order valence-corrected chi connectivity index (χ1v) is 8.44. The van der Waals surface area contributed by atoms with Crippen LogP contribution in [0.25, 0.3) is 0 Å². The Bertz CT molecular complexity index is 496. The van der Waals surface area contributed by atoms with Crippen LogP contribution in [0.5, 0.6) is 0 Å². The fourth-order valence-electron chi connectivity index (χ4n) is 2.69. The Kier molecular flexibility index (Phi) is 6.91. The SMILES string of the molecule is CCCCC(=O)N1CCC(NC(=O)OCc2ccccc2)CC1. The largest absolute Gasteiger partial charge is 0.445 e. The molecule has 0 saturated carbocycles. The predicted octanol–water partition coefficient (Wildman–Crippen LogP) is 3.09. The maximum atomic E-state index is 12.0. The standard InChI is InChI=1S/C18H26N2O3/c1-2-3-9-17(21)20-12-10-16(11-13-20)19-18(22)23-14-15-7-5-4-6-8-15/h4-8,16H,2-3,9-14H2,1H3,(H,19,22). The molecule has 1 aliphatic heterocycles. The number of nitrogens with one attached hydrogen (secondary N) is 1. The van der Waals surface area contributed by atoms with E-state index in [0.717, 1.165) is 31.2 Å². The van der Waals surface area contributed by atoms with E-state index in [0.29, 0.717) is 19.5 Å². The third-order valence-electron chi connectivity index (χ3n) is 4.13. The van der Waals surface area contributed by atoms with E-state index >= 15 is 0 Å². The summed E-state index contributed by atoms with van der Waals surface area (Å²) in [6.07, 6.45) is 3.81. The lowest BCUT2D eigenvalue weighted by atomic mass is 10.0. The molecular formula is C18H26N2O3. The topological polar surface area (TPSA) is 58.6 Å². The van der Waals surface area contributed by atoms with Crippen molar-refractivity contribution in [2.24, 2.45) is 0 Å². The van der Waals surface area contributed by atoms with Crippen LogP contribution in [0.3, 0.4) is 0 Å². The quantitative estimate of drug-likeness (QED) is 0.877. The minimum atomic E-state index is -0.385. The summed E-state index contributed by atoms with van der Waals surface area (Å²) in [7, 11) is 0. The molecule has 0 radical (unpaired) electrons. The summed E-state index contributed by atoms with van der Waals surface area (Å²) in [5, 5.41) is 2.89. The summed E-state index contributed by atoms with van der Waals surface area (Å²) in [5.74, 6) is 0.233. The summed E-state index contributed by atoms with van der Waals surface area (Å²) >= 11 is 0. The van der Waals surface area contributed by atoms with Crippen LogP contribution < -0.4 is 5.32 Å². The number of carbonyl (C=O) groups excluding carboxylic acids is 2. The van der Waals surface area contributed by atoms with Crippen LogP contribution in [0.1, 0.15) is 44.6 Å². The highest BCUT2D eigenvalue weighted by atomic mass is 16.5. The summed E-state index contributed by atoms with van der Waals surface area (Å²) in [4.78, 5) is 25.7. The molecule has 1 N–H and O–H groups in total. The second kappa shape index (κ2) is 9.18. The fourth-order valence-corrected chi connectivity index (χ4v) is 2.69. The molecule has 1 fully saturated rings. The lowest BCUT2D eigenvalue weighted by Crippen LogP contribution is -2.46. The van der Waals surface area contributed by atoms with Gasteiger partial charge in [-0.1, -0.05) is 43.7 Å². The van der Waals surface area contributed by atoms with Crippen molar-refractivity contribution in [3.05, 3.63) is 35.9 Å². The van der Waals surface area contributed by atoms with Gasteiger partial charge >= 0.3 is 6.09 Å². The maximum absolute atomic E-state index is 12.0. The van der Waals surface area contributed by atoms with E-state index in [1.54, 1.807) is 0 Å². The van der Waals surface area contributed by atoms with Gasteiger partial charge in [-0.05, 0) is 24.8 Å². The minimum Gasteiger partial charge on any atom is -0.445 e. The normalized spacial score (nSPS) is 15.3. The molecule has 0 unspecified atom stereocenters. The van der Waals surface area contributed by atoms with Gasteiger partial charge in [0.25, 0.3) is 0 Å². The Balaban J connectivity index is 1.65. The molecule has 2 rings (SSSR count). The van der Waals surface area contributed by atoms with Crippen molar-refractivity contribution >= 4 is 12.0 Å². The molecule has 1 saturated heterocycles. The van der Waals surface area contributed by atoms with Gasteiger partial charge in [0.15, 0.2) is 0 Å². The molecule has 126 valence electrons. The summed E-state index contributed by atoms with van der Waals surface area (Å²) in [5.41, 5.74) is 0.971. The van der Waals surface area contributed by atoms with Crippen LogP contribution in [0.4, 0.5) is 4.79 Å². The second-order valence-electron chi connectivity index (χ2n) is 5.96. The molecular weight excluding hydrogens is 292 g/mol. The minimum absolute atomic E-state index is 0.0912. The second-order valence-corrected chi connectivity index (χ2v) is 5.96. The van der Waals surface area contributed by atoms with Gasteiger partial charge in [0.05, 0.1) is 0 Å². The lowest BCUT2D eigenvalue weighted by molar-refractivity contribution is -0.132. The predicted molar refractivity (Wildman–Crippen MR) is 88.9 cm³/mol. The van der Waals surface area contributed by atoms with E-state index < -0.39 is 0 Å². The van der Waals surface area contributed by atoms with Crippen LogP contribution >= 0.6 is 0 Å². The number of alkyl carbamates (subject to hydrolysis) is 1. The first-order chi connectivity index (χ1) is 11.2. The highest BCUT2D eigenvalue weighted by molar-refractivity contribution is 5.76. The van der Waals surface area contributed by atoms with E-state index in [4.69, 9.17) is 4.74 Å². The lowest BCUT2D eigenvalue weighted by Gasteiger charge is -2.32. The Morgan fingerprint density at radius 1 is 1.22 bits per heavy atom. The molecule has 1 aromatic rings. The van der Waals surface area contributed by atoms with Gasteiger partial charge < -0.3 is 15.0 Å². The summed E-state index contributed by atoms with van der Waals surface area (Å²) in [6, 6.07) is 9.71. The average Bonchev–Trinajstić information content (AvgIpc) is 2.59. The number of amides is 2. The van der Waals surface area contributed by atoms with E-state index in [1.807, 2.05) is 35.2 Å². The third-order valence-corrected chi connectivity index (χ3v) is 4.13. The fraction of sp³-hybridized carbons (Fsp3) is 0.556. The smallest absolute Gasteiger partial charge is 0.407 e. The number of likely N-dealkylation sites (tertiary alicyclic amines) is 1. The Hall–Kier alpha value is -2.04. The number of ether oxygens (including phenoxy) is 1. The molecule has 5 nitrogen and oxygen atoms in total. The summed E-state index contributed by atoms with van der Waals surface area (Å²) < 4.78 is 5.23. The molecule has 1 aliphatic rings. The van der Waals surface area contributed by atoms with E-state index in [9.17, 15) is 9.59 Å². The number of hydrogen-bond donors (Lipinski definition) is 1. The number of rotatable bonds is 6. The number of benzene rings is 1. The van der Waals surface area contributed by atoms with Crippen molar-refractivity contribution < 1.29 is 14.3 Å². The molecule has 1 heterocycles. The maximum Gasteiger partial charge on any atom is 0.407 e. The zero-order valence-corrected chi connectivity index (χ0v) is 13.8. The van der Waals surface area contributed by atoms with Crippen molar-refractivity contribution in [2.45, 2.75) is 51.7 Å². The van der Waals surface area contributed by atoms with Gasteiger partial charge in [0.2, 0.25) is 5.91 Å². The Morgan fingerprint density at radius 3 is 2.57 bits per heavy atom. The Morgan fingerprint density at radius 2 is 1.91 bits per heavy atom. The molecule has 0 bridgehead atoms. The van der Waals surface area contributed by atoms with Gasteiger partial charge in [-0.15, -0.1) is 0 Å². The van der Waals surface area contributed by atoms with Crippen LogP contribution in [-0.2, 0) is 16.1 Å². The molecule has 0 aliphatic carbocycles. The van der Waals surface area contributed by atoms with E-state index in [-0.39, 0.29) is 24.6 Å². The van der Waals surface area contributed by atoms with Crippen molar-refractivity contribution in [1.29, 1.82) is 0 Å². The van der Waals surface area contributed by atoms with Gasteiger partial charge in [0, 0.05) is 25.6 Å². The van der Waals surface area contributed by atoms with Crippen molar-refractivity contribution in [3.8, 4) is 0 Å². The molecule has 23 heavy (non-hydrogen) atoms. The molecule has 5 heteroatoms. The number of unbranched alkanes of at least 4 members (excludes halogenated alkanes) is 1. The first-order valence-electron chi connectivity index (χ1n) is 8.44. The molecule has 0 aromatic heterocycles. The third kappa shape index (κ3) is 5.93. The highest BCUT2D eigenvalue weighted by Crippen LogP contribution is 2.13. The molecule has 0 spiro atoms. The highest BCUT2D eigenvalue weighted by Gasteiger charge is 2.23. The van der Waals surface area contributed by atoms with Crippen molar-refractivity contribution in [3.63, 3.8) is 0 Å². The van der Waals surface area contributed by atoms with Crippen LogP contribution in [-0.4, -0.2) is 36.0 Å². The zero-order valence-electron chi connectivity index (χ0n) is 13.8. The van der Waals surface area contributed by atoms with Crippen molar-refractivity contribution in [2.75, 3.05) is 13.1 Å². The Labute approximate surface area is 138 Å². The number of hydrogen-bond acceptors (Lipinski definition) is 3. The number of nitrogens with zero attached hydrogens (tertiary/aromatic N) is 1. The van der Waals surface area contributed by atoms with Crippen LogP contribution in [0.2, 0.25) is 0 Å². The monoisotopic (exact) mass is 318 g/mol. The van der Waals surface area contributed by atoms with Gasteiger partial charge in [-0.2, -0.15) is 0 Å². The van der Waals surface area contributed by atoms with E-state index in [1.165, 1.54) is 0 Å². The van der Waals surface area contributed by atoms with Crippen molar-refractivity contribution in [1.82, 2.24) is 10.2 Å². The van der Waals surface area contributed by atoms with Gasteiger partial charge in [0.1, 0.15) is 6.61 Å². The molecule has 1 aromatic carbocycles. The van der Waals surface area contributed by atoms with Gasteiger partial charge in [-0.3, -0.25) is 4.79 Å². The van der Waals surface area contributed by atoms with Crippen LogP contribution in [0, 0.1) is 0 Å². The molecule has 2 amide bonds. The molecule has 0 atom stereocenters. The van der Waals surface area contributed by atoms with E-state index in [2.05, 4.69) is 12.2 Å². The average molecular weight is 318 g/mol. The van der Waals surface area contributed by atoms with Gasteiger partial charge in [-0.25, -0.2) is 4.79 Å². The first kappa shape index (κ1) is 17.3. The van der Waals surface area contributed by atoms with Crippen LogP contribution in [0.15, 0.2) is 30.3 Å². The zero-order chi connectivity index (χ0) is 16.5. The number of piperidine rings is 1.